The number of amides is 1. The van der Waals surface area contributed by atoms with Crippen LogP contribution in [-0.4, -0.2) is 33.4 Å². The van der Waals surface area contributed by atoms with Gasteiger partial charge in [0.15, 0.2) is 10.8 Å². The lowest BCUT2D eigenvalue weighted by molar-refractivity contribution is -0.118. The van der Waals surface area contributed by atoms with E-state index in [9.17, 15) is 4.79 Å². The number of carbonyl (C=O) groups is 1. The zero-order chi connectivity index (χ0) is 19.5. The molecule has 0 aliphatic carbocycles. The topological polar surface area (TPSA) is 68.5 Å². The number of ether oxygens (including phenoxy) is 1. The Kier molecular flexibility index (Phi) is 5.16. The van der Waals surface area contributed by atoms with E-state index in [1.54, 1.807) is 7.11 Å². The first kappa shape index (κ1) is 18.3. The van der Waals surface area contributed by atoms with Gasteiger partial charge in [-0.1, -0.05) is 42.1 Å². The second-order valence-corrected chi connectivity index (χ2v) is 7.38. The van der Waals surface area contributed by atoms with Crippen molar-refractivity contribution in [2.75, 3.05) is 12.9 Å². The Morgan fingerprint density at radius 1 is 1.14 bits per heavy atom. The van der Waals surface area contributed by atoms with Gasteiger partial charge < -0.3 is 10.1 Å². The first-order valence-corrected chi connectivity index (χ1v) is 9.90. The molecule has 0 aliphatic rings. The molecule has 0 saturated carbocycles. The van der Waals surface area contributed by atoms with E-state index in [0.717, 1.165) is 33.4 Å². The summed E-state index contributed by atoms with van der Waals surface area (Å²) in [6, 6.07) is 17.8. The van der Waals surface area contributed by atoms with Gasteiger partial charge in [-0.25, -0.2) is 0 Å². The molecule has 1 N–H and O–H groups in total. The molecule has 0 atom stereocenters. The summed E-state index contributed by atoms with van der Waals surface area (Å²) in [5, 5.41) is 13.3. The first-order chi connectivity index (χ1) is 13.7. The number of nitrogens with one attached hydrogen (secondary N) is 1. The van der Waals surface area contributed by atoms with E-state index in [0.29, 0.717) is 11.7 Å². The van der Waals surface area contributed by atoms with Crippen LogP contribution < -0.4 is 10.1 Å². The number of carbonyl (C=O) groups excluding carboxylic acids is 1. The minimum absolute atomic E-state index is 0.0420. The van der Waals surface area contributed by atoms with Gasteiger partial charge in [0.25, 0.3) is 0 Å². The third-order valence-corrected chi connectivity index (χ3v) is 5.47. The third-order valence-electron chi connectivity index (χ3n) is 4.54. The van der Waals surface area contributed by atoms with Crippen molar-refractivity contribution in [1.29, 1.82) is 0 Å². The summed E-state index contributed by atoms with van der Waals surface area (Å²) >= 11 is 1.37. The molecule has 6 nitrogen and oxygen atoms in total. The van der Waals surface area contributed by atoms with E-state index in [1.165, 1.54) is 11.8 Å². The molecule has 0 saturated heterocycles. The number of thioether (sulfide) groups is 1. The smallest absolute Gasteiger partial charge is 0.230 e. The van der Waals surface area contributed by atoms with Gasteiger partial charge in [-0.05, 0) is 36.2 Å². The second kappa shape index (κ2) is 7.90. The lowest BCUT2D eigenvalue weighted by atomic mass is 10.1. The molecule has 2 heterocycles. The fourth-order valence-electron chi connectivity index (χ4n) is 3.10. The van der Waals surface area contributed by atoms with E-state index >= 15 is 0 Å². The van der Waals surface area contributed by atoms with Crippen LogP contribution in [0.2, 0.25) is 0 Å². The SMILES string of the molecule is COc1ccc2c(C)cc3nnc(SCC(=O)NCc4ccccc4)n3c2c1. The highest BCUT2D eigenvalue weighted by atomic mass is 32.2. The molecule has 0 bridgehead atoms. The Bertz CT molecular complexity index is 1140. The maximum atomic E-state index is 12.3. The summed E-state index contributed by atoms with van der Waals surface area (Å²) in [7, 11) is 1.65. The molecule has 7 heteroatoms. The molecule has 2 aromatic heterocycles. The molecule has 0 spiro atoms. The standard InChI is InChI=1S/C21H20N4O2S/c1-14-10-19-23-24-21(25(19)18-11-16(27-2)8-9-17(14)18)28-13-20(26)22-12-15-6-4-3-5-7-15/h3-11H,12-13H2,1-2H3,(H,22,26). The quantitative estimate of drug-likeness (QED) is 0.508. The van der Waals surface area contributed by atoms with Gasteiger partial charge in [-0.3, -0.25) is 9.20 Å². The number of rotatable bonds is 6. The molecule has 28 heavy (non-hydrogen) atoms. The van der Waals surface area contributed by atoms with E-state index in [1.807, 2.05) is 65.9 Å². The van der Waals surface area contributed by atoms with Crippen molar-refractivity contribution in [2.45, 2.75) is 18.6 Å². The highest BCUT2D eigenvalue weighted by molar-refractivity contribution is 7.99. The third kappa shape index (κ3) is 3.66. The predicted octanol–water partition coefficient (Wildman–Crippen LogP) is 3.61. The molecule has 4 rings (SSSR count). The highest BCUT2D eigenvalue weighted by Gasteiger charge is 2.14. The molecular formula is C21H20N4O2S. The summed E-state index contributed by atoms with van der Waals surface area (Å²) in [5.41, 5.74) is 3.91. The fourth-order valence-corrected chi connectivity index (χ4v) is 3.88. The number of hydrogen-bond acceptors (Lipinski definition) is 5. The summed E-state index contributed by atoms with van der Waals surface area (Å²) < 4.78 is 7.35. The maximum Gasteiger partial charge on any atom is 0.230 e. The van der Waals surface area contributed by atoms with E-state index < -0.39 is 0 Å². The van der Waals surface area contributed by atoms with Crippen LogP contribution in [0.5, 0.6) is 5.75 Å². The number of benzene rings is 2. The average molecular weight is 392 g/mol. The fraction of sp³-hybridized carbons (Fsp3) is 0.190. The normalized spacial score (nSPS) is 11.1. The molecule has 0 fully saturated rings. The Morgan fingerprint density at radius 3 is 2.75 bits per heavy atom. The summed E-state index contributed by atoms with van der Waals surface area (Å²) in [4.78, 5) is 12.3. The average Bonchev–Trinajstić information content (AvgIpc) is 3.14. The van der Waals surface area contributed by atoms with E-state index in [2.05, 4.69) is 15.5 Å². The van der Waals surface area contributed by atoms with Crippen molar-refractivity contribution in [2.24, 2.45) is 0 Å². The zero-order valence-corrected chi connectivity index (χ0v) is 16.5. The van der Waals surface area contributed by atoms with Crippen LogP contribution >= 0.6 is 11.8 Å². The summed E-state index contributed by atoms with van der Waals surface area (Å²) in [5.74, 6) is 0.997. The molecule has 2 aromatic carbocycles. The van der Waals surface area contributed by atoms with Gasteiger partial charge in [-0.15, -0.1) is 10.2 Å². The number of aromatic nitrogens is 3. The molecular weight excluding hydrogens is 372 g/mol. The van der Waals surface area contributed by atoms with Crippen LogP contribution in [0.25, 0.3) is 16.6 Å². The van der Waals surface area contributed by atoms with Gasteiger partial charge in [-0.2, -0.15) is 0 Å². The van der Waals surface area contributed by atoms with E-state index in [-0.39, 0.29) is 11.7 Å². The number of hydrogen-bond donors (Lipinski definition) is 1. The lowest BCUT2D eigenvalue weighted by Gasteiger charge is -2.09. The molecule has 1 amide bonds. The van der Waals surface area contributed by atoms with Gasteiger partial charge in [0.1, 0.15) is 5.75 Å². The predicted molar refractivity (Wildman–Crippen MR) is 111 cm³/mol. The largest absolute Gasteiger partial charge is 0.497 e. The lowest BCUT2D eigenvalue weighted by Crippen LogP contribution is -2.24. The van der Waals surface area contributed by atoms with Crippen LogP contribution in [0.1, 0.15) is 11.1 Å². The van der Waals surface area contributed by atoms with Crippen LogP contribution in [0.3, 0.4) is 0 Å². The molecule has 4 aromatic rings. The molecule has 0 unspecified atom stereocenters. The molecule has 0 aliphatic heterocycles. The van der Waals surface area contributed by atoms with Gasteiger partial charge in [0.05, 0.1) is 18.4 Å². The number of methoxy groups -OCH3 is 1. The zero-order valence-electron chi connectivity index (χ0n) is 15.7. The Balaban J connectivity index is 1.55. The second-order valence-electron chi connectivity index (χ2n) is 6.44. The van der Waals surface area contributed by atoms with Crippen molar-refractivity contribution in [1.82, 2.24) is 19.9 Å². The molecule has 142 valence electrons. The van der Waals surface area contributed by atoms with Crippen LogP contribution in [0, 0.1) is 6.92 Å². The van der Waals surface area contributed by atoms with Crippen molar-refractivity contribution in [3.05, 3.63) is 65.7 Å². The van der Waals surface area contributed by atoms with Crippen molar-refractivity contribution < 1.29 is 9.53 Å². The van der Waals surface area contributed by atoms with Crippen molar-refractivity contribution in [3.8, 4) is 5.75 Å². The van der Waals surface area contributed by atoms with E-state index in [4.69, 9.17) is 4.74 Å². The Labute approximate surface area is 166 Å². The number of fused-ring (bicyclic) bond motifs is 3. The summed E-state index contributed by atoms with van der Waals surface area (Å²) in [6.45, 7) is 2.56. The van der Waals surface area contributed by atoms with Crippen LogP contribution in [0.15, 0.2) is 59.8 Å². The van der Waals surface area contributed by atoms with Crippen molar-refractivity contribution in [3.63, 3.8) is 0 Å². The summed E-state index contributed by atoms with van der Waals surface area (Å²) in [6.07, 6.45) is 0. The Morgan fingerprint density at radius 2 is 1.96 bits per heavy atom. The monoisotopic (exact) mass is 392 g/mol. The van der Waals surface area contributed by atoms with Crippen molar-refractivity contribution >= 4 is 34.2 Å². The van der Waals surface area contributed by atoms with Gasteiger partial charge in [0.2, 0.25) is 5.91 Å². The minimum Gasteiger partial charge on any atom is -0.497 e. The Hall–Kier alpha value is -3.06. The number of aryl methyl sites for hydroxylation is 1. The van der Waals surface area contributed by atoms with Gasteiger partial charge >= 0.3 is 0 Å². The number of nitrogens with zero attached hydrogens (tertiary/aromatic N) is 3. The first-order valence-electron chi connectivity index (χ1n) is 8.91. The molecule has 0 radical (unpaired) electrons. The number of pyridine rings is 1. The van der Waals surface area contributed by atoms with Gasteiger partial charge in [0, 0.05) is 18.0 Å². The highest BCUT2D eigenvalue weighted by Crippen LogP contribution is 2.28. The maximum absolute atomic E-state index is 12.3. The van der Waals surface area contributed by atoms with Crippen LogP contribution in [-0.2, 0) is 11.3 Å². The minimum atomic E-state index is -0.0420. The van der Waals surface area contributed by atoms with Crippen LogP contribution in [0.4, 0.5) is 0 Å².